The third-order valence-electron chi connectivity index (χ3n) is 2.04. The molecule has 0 aromatic heterocycles. The zero-order chi connectivity index (χ0) is 12.9. The highest BCUT2D eigenvalue weighted by Crippen LogP contribution is 2.12. The van der Waals surface area contributed by atoms with Crippen LogP contribution in [0.2, 0.25) is 0 Å². The summed E-state index contributed by atoms with van der Waals surface area (Å²) in [7, 11) is 0. The number of carbonyl (C=O) groups is 1. The van der Waals surface area contributed by atoms with Gasteiger partial charge in [0.1, 0.15) is 5.60 Å². The molecule has 0 heterocycles. The third kappa shape index (κ3) is 6.67. The highest BCUT2D eigenvalue weighted by molar-refractivity contribution is 5.68. The summed E-state index contributed by atoms with van der Waals surface area (Å²) >= 11 is 0. The predicted molar refractivity (Wildman–Crippen MR) is 64.4 cm³/mol. The van der Waals surface area contributed by atoms with E-state index in [9.17, 15) is 9.90 Å². The lowest BCUT2D eigenvalue weighted by atomic mass is 10.2. The van der Waals surface area contributed by atoms with Crippen LogP contribution in [0.4, 0.5) is 4.79 Å². The molecule has 0 spiro atoms. The van der Waals surface area contributed by atoms with Crippen LogP contribution in [0.1, 0.15) is 48.0 Å². The summed E-state index contributed by atoms with van der Waals surface area (Å²) in [5, 5.41) is 9.22. The van der Waals surface area contributed by atoms with E-state index < -0.39 is 11.7 Å². The van der Waals surface area contributed by atoms with Gasteiger partial charge in [-0.2, -0.15) is 0 Å². The minimum atomic E-state index is -0.477. The first kappa shape index (κ1) is 15.2. The van der Waals surface area contributed by atoms with E-state index >= 15 is 0 Å². The summed E-state index contributed by atoms with van der Waals surface area (Å²) in [4.78, 5) is 13.5. The number of aliphatic hydroxyl groups excluding tert-OH is 1. The molecule has 1 atom stereocenters. The molecule has 4 heteroatoms. The van der Waals surface area contributed by atoms with Crippen molar-refractivity contribution in [1.29, 1.82) is 0 Å². The summed E-state index contributed by atoms with van der Waals surface area (Å²) in [6, 6.07) is 0.0774. The van der Waals surface area contributed by atoms with Crippen LogP contribution in [0, 0.1) is 0 Å². The molecule has 0 aromatic carbocycles. The van der Waals surface area contributed by atoms with Gasteiger partial charge in [-0.05, 0) is 48.0 Å². The summed E-state index contributed by atoms with van der Waals surface area (Å²) in [5.41, 5.74) is -0.477. The number of ether oxygens (including phenoxy) is 1. The fourth-order valence-corrected chi connectivity index (χ4v) is 1.21. The maximum atomic E-state index is 11.8. The van der Waals surface area contributed by atoms with Gasteiger partial charge in [-0.1, -0.05) is 0 Å². The lowest BCUT2D eigenvalue weighted by Crippen LogP contribution is -2.42. The molecule has 0 radical (unpaired) electrons. The minimum absolute atomic E-state index is 0.0774. The Morgan fingerprint density at radius 3 is 2.12 bits per heavy atom. The molecule has 1 N–H and O–H groups in total. The van der Waals surface area contributed by atoms with Gasteiger partial charge >= 0.3 is 6.09 Å². The monoisotopic (exact) mass is 231 g/mol. The number of hydrogen-bond acceptors (Lipinski definition) is 3. The molecule has 0 unspecified atom stereocenters. The van der Waals surface area contributed by atoms with E-state index in [1.165, 1.54) is 0 Å². The molecular weight excluding hydrogens is 206 g/mol. The summed E-state index contributed by atoms with van der Waals surface area (Å²) < 4.78 is 5.30. The van der Waals surface area contributed by atoms with Crippen molar-refractivity contribution in [1.82, 2.24) is 4.90 Å². The molecule has 16 heavy (non-hydrogen) atoms. The Morgan fingerprint density at radius 2 is 1.81 bits per heavy atom. The number of hydrogen-bond donors (Lipinski definition) is 1. The van der Waals surface area contributed by atoms with E-state index in [1.807, 2.05) is 34.6 Å². The third-order valence-corrected chi connectivity index (χ3v) is 2.04. The van der Waals surface area contributed by atoms with Gasteiger partial charge in [0.25, 0.3) is 0 Å². The van der Waals surface area contributed by atoms with Gasteiger partial charge in [0.2, 0.25) is 0 Å². The largest absolute Gasteiger partial charge is 0.444 e. The molecule has 96 valence electrons. The van der Waals surface area contributed by atoms with Crippen molar-refractivity contribution in [2.45, 2.75) is 65.7 Å². The number of nitrogens with zero attached hydrogens (tertiary/aromatic N) is 1. The molecule has 0 aliphatic heterocycles. The zero-order valence-corrected chi connectivity index (χ0v) is 11.3. The molecule has 0 aromatic rings. The molecule has 0 aliphatic carbocycles. The summed E-state index contributed by atoms with van der Waals surface area (Å²) in [5.74, 6) is 0. The van der Waals surface area contributed by atoms with Crippen molar-refractivity contribution in [3.8, 4) is 0 Å². The van der Waals surface area contributed by atoms with Gasteiger partial charge in [-0.3, -0.25) is 0 Å². The van der Waals surface area contributed by atoms with Crippen molar-refractivity contribution < 1.29 is 14.6 Å². The molecule has 0 saturated carbocycles. The van der Waals surface area contributed by atoms with Crippen molar-refractivity contribution in [2.75, 3.05) is 6.54 Å². The highest BCUT2D eigenvalue weighted by atomic mass is 16.6. The average molecular weight is 231 g/mol. The standard InChI is InChI=1S/C12H25NO3/c1-9(2)13(8-7-10(3)14)11(15)16-12(4,5)6/h9-10,14H,7-8H2,1-6H3/t10-/m0/s1. The highest BCUT2D eigenvalue weighted by Gasteiger charge is 2.23. The predicted octanol–water partition coefficient (Wildman–Crippen LogP) is 2.40. The van der Waals surface area contributed by atoms with E-state index in [1.54, 1.807) is 11.8 Å². The van der Waals surface area contributed by atoms with Crippen molar-refractivity contribution >= 4 is 6.09 Å². The molecular formula is C12H25NO3. The fourth-order valence-electron chi connectivity index (χ4n) is 1.21. The topological polar surface area (TPSA) is 49.8 Å². The van der Waals surface area contributed by atoms with Gasteiger partial charge < -0.3 is 14.7 Å². The van der Waals surface area contributed by atoms with Crippen molar-refractivity contribution in [2.24, 2.45) is 0 Å². The maximum Gasteiger partial charge on any atom is 0.410 e. The van der Waals surface area contributed by atoms with Gasteiger partial charge in [0, 0.05) is 12.6 Å². The van der Waals surface area contributed by atoms with E-state index in [2.05, 4.69) is 0 Å². The van der Waals surface area contributed by atoms with Gasteiger partial charge in [-0.15, -0.1) is 0 Å². The molecule has 0 saturated heterocycles. The second kappa shape index (κ2) is 6.09. The second-order valence-electron chi connectivity index (χ2n) is 5.41. The van der Waals surface area contributed by atoms with Gasteiger partial charge in [-0.25, -0.2) is 4.79 Å². The number of rotatable bonds is 4. The van der Waals surface area contributed by atoms with Gasteiger partial charge in [0.15, 0.2) is 0 Å². The first-order valence-corrected chi connectivity index (χ1v) is 5.81. The fraction of sp³-hybridized carbons (Fsp3) is 0.917. The lowest BCUT2D eigenvalue weighted by molar-refractivity contribution is 0.0165. The van der Waals surface area contributed by atoms with Crippen LogP contribution in [-0.2, 0) is 4.74 Å². The number of amides is 1. The SMILES string of the molecule is CC(C)N(CC[C@H](C)O)C(=O)OC(C)(C)C. The van der Waals surface area contributed by atoms with Crippen LogP contribution >= 0.6 is 0 Å². The number of carbonyl (C=O) groups excluding carboxylic acids is 1. The van der Waals surface area contributed by atoms with E-state index in [0.717, 1.165) is 0 Å². The molecule has 1 amide bonds. The van der Waals surface area contributed by atoms with Crippen LogP contribution in [0.3, 0.4) is 0 Å². The normalized spacial score (nSPS) is 13.8. The van der Waals surface area contributed by atoms with Crippen molar-refractivity contribution in [3.05, 3.63) is 0 Å². The minimum Gasteiger partial charge on any atom is -0.444 e. The van der Waals surface area contributed by atoms with Crippen LogP contribution in [-0.4, -0.2) is 40.4 Å². The first-order valence-electron chi connectivity index (χ1n) is 5.81. The number of aliphatic hydroxyl groups is 1. The van der Waals surface area contributed by atoms with E-state index in [4.69, 9.17) is 4.74 Å². The first-order chi connectivity index (χ1) is 7.13. The van der Waals surface area contributed by atoms with Crippen LogP contribution in [0.5, 0.6) is 0 Å². The Labute approximate surface area is 98.6 Å². The molecule has 0 fully saturated rings. The molecule has 0 bridgehead atoms. The Kier molecular flexibility index (Phi) is 5.79. The maximum absolute atomic E-state index is 11.8. The Bertz CT molecular complexity index is 219. The van der Waals surface area contributed by atoms with E-state index in [-0.39, 0.29) is 12.1 Å². The van der Waals surface area contributed by atoms with Crippen molar-refractivity contribution in [3.63, 3.8) is 0 Å². The lowest BCUT2D eigenvalue weighted by Gasteiger charge is -2.30. The Hall–Kier alpha value is -0.770. The second-order valence-corrected chi connectivity index (χ2v) is 5.41. The Balaban J connectivity index is 4.36. The van der Waals surface area contributed by atoms with E-state index in [0.29, 0.717) is 13.0 Å². The van der Waals surface area contributed by atoms with Crippen LogP contribution < -0.4 is 0 Å². The van der Waals surface area contributed by atoms with Gasteiger partial charge in [0.05, 0.1) is 6.10 Å². The molecule has 0 aliphatic rings. The summed E-state index contributed by atoms with van der Waals surface area (Å²) in [6.07, 6.45) is -0.149. The van der Waals surface area contributed by atoms with Crippen LogP contribution in [0.25, 0.3) is 0 Å². The molecule has 4 nitrogen and oxygen atoms in total. The Morgan fingerprint density at radius 1 is 1.31 bits per heavy atom. The quantitative estimate of drug-likeness (QED) is 0.808. The average Bonchev–Trinajstić information content (AvgIpc) is 1.98. The summed E-state index contributed by atoms with van der Waals surface area (Å²) in [6.45, 7) is 11.6. The van der Waals surface area contributed by atoms with Crippen LogP contribution in [0.15, 0.2) is 0 Å². The zero-order valence-electron chi connectivity index (χ0n) is 11.3. The molecule has 0 rings (SSSR count). The smallest absolute Gasteiger partial charge is 0.410 e.